The SMILES string of the molecule is Cc1cc(-c2nc(Cl)c(I)c(C(C)(C)C)n2)cc(C)c1O. The van der Waals surface area contributed by atoms with Crippen LogP contribution in [0.3, 0.4) is 0 Å². The first-order valence-electron chi connectivity index (χ1n) is 6.65. The molecule has 1 aromatic carbocycles. The van der Waals surface area contributed by atoms with Gasteiger partial charge in [0.1, 0.15) is 10.9 Å². The molecular formula is C16H18ClIN2O. The molecule has 0 spiro atoms. The third-order valence-corrected chi connectivity index (χ3v) is 4.88. The van der Waals surface area contributed by atoms with Crippen molar-refractivity contribution in [2.75, 3.05) is 0 Å². The maximum atomic E-state index is 9.89. The summed E-state index contributed by atoms with van der Waals surface area (Å²) in [5.74, 6) is 0.906. The molecule has 0 unspecified atom stereocenters. The van der Waals surface area contributed by atoms with Crippen LogP contribution in [-0.4, -0.2) is 15.1 Å². The van der Waals surface area contributed by atoms with E-state index in [4.69, 9.17) is 16.6 Å². The van der Waals surface area contributed by atoms with Crippen LogP contribution in [0.15, 0.2) is 12.1 Å². The molecular weight excluding hydrogens is 399 g/mol. The molecule has 0 saturated carbocycles. The van der Waals surface area contributed by atoms with E-state index in [0.717, 1.165) is 26.0 Å². The summed E-state index contributed by atoms with van der Waals surface area (Å²) in [6.07, 6.45) is 0. The molecule has 0 atom stereocenters. The number of nitrogens with zero attached hydrogens (tertiary/aromatic N) is 2. The molecule has 0 radical (unpaired) electrons. The van der Waals surface area contributed by atoms with Crippen molar-refractivity contribution >= 4 is 34.2 Å². The maximum absolute atomic E-state index is 9.89. The van der Waals surface area contributed by atoms with E-state index in [1.54, 1.807) is 0 Å². The quantitative estimate of drug-likeness (QED) is 0.524. The van der Waals surface area contributed by atoms with Gasteiger partial charge in [0, 0.05) is 11.0 Å². The summed E-state index contributed by atoms with van der Waals surface area (Å²) in [6, 6.07) is 3.76. The highest BCUT2D eigenvalue weighted by Crippen LogP contribution is 2.33. The highest BCUT2D eigenvalue weighted by molar-refractivity contribution is 14.1. The minimum Gasteiger partial charge on any atom is -0.507 e. The number of benzene rings is 1. The van der Waals surface area contributed by atoms with Gasteiger partial charge in [-0.2, -0.15) is 0 Å². The number of phenols is 1. The van der Waals surface area contributed by atoms with Crippen molar-refractivity contribution < 1.29 is 5.11 Å². The van der Waals surface area contributed by atoms with Gasteiger partial charge < -0.3 is 5.11 Å². The topological polar surface area (TPSA) is 46.0 Å². The molecule has 1 heterocycles. The Labute approximate surface area is 143 Å². The Kier molecular flexibility index (Phi) is 4.49. The zero-order valence-corrected chi connectivity index (χ0v) is 15.7. The highest BCUT2D eigenvalue weighted by Gasteiger charge is 2.23. The Morgan fingerprint density at radius 1 is 1.10 bits per heavy atom. The summed E-state index contributed by atoms with van der Waals surface area (Å²) in [5, 5.41) is 10.4. The molecule has 0 aliphatic heterocycles. The van der Waals surface area contributed by atoms with Crippen molar-refractivity contribution in [2.45, 2.75) is 40.0 Å². The van der Waals surface area contributed by atoms with Crippen LogP contribution in [0, 0.1) is 17.4 Å². The molecule has 21 heavy (non-hydrogen) atoms. The molecule has 0 saturated heterocycles. The van der Waals surface area contributed by atoms with Gasteiger partial charge in [0.2, 0.25) is 0 Å². The van der Waals surface area contributed by atoms with Gasteiger partial charge in [0.25, 0.3) is 0 Å². The smallest absolute Gasteiger partial charge is 0.161 e. The predicted octanol–water partition coefficient (Wildman–Crippen LogP) is 5.02. The predicted molar refractivity (Wildman–Crippen MR) is 95.0 cm³/mol. The number of hydrogen-bond donors (Lipinski definition) is 1. The zero-order chi connectivity index (χ0) is 15.9. The third-order valence-electron chi connectivity index (χ3n) is 3.27. The summed E-state index contributed by atoms with van der Waals surface area (Å²) in [7, 11) is 0. The fraction of sp³-hybridized carbons (Fsp3) is 0.375. The van der Waals surface area contributed by atoms with Crippen molar-refractivity contribution in [3.8, 4) is 17.1 Å². The van der Waals surface area contributed by atoms with E-state index in [2.05, 4.69) is 48.3 Å². The Balaban J connectivity index is 2.68. The van der Waals surface area contributed by atoms with Crippen LogP contribution in [0.1, 0.15) is 37.6 Å². The highest BCUT2D eigenvalue weighted by atomic mass is 127. The summed E-state index contributed by atoms with van der Waals surface area (Å²) >= 11 is 8.47. The van der Waals surface area contributed by atoms with Crippen molar-refractivity contribution in [1.29, 1.82) is 0 Å². The van der Waals surface area contributed by atoms with Crippen LogP contribution >= 0.6 is 34.2 Å². The number of halogens is 2. The molecule has 1 aromatic heterocycles. The van der Waals surface area contributed by atoms with Gasteiger partial charge in [0.05, 0.1) is 9.26 Å². The van der Waals surface area contributed by atoms with Crippen molar-refractivity contribution in [3.05, 3.63) is 37.7 Å². The number of aromatic hydroxyl groups is 1. The second-order valence-electron chi connectivity index (χ2n) is 6.21. The fourth-order valence-corrected chi connectivity index (χ4v) is 3.35. The van der Waals surface area contributed by atoms with E-state index in [1.807, 2.05) is 26.0 Å². The average Bonchev–Trinajstić information content (AvgIpc) is 2.37. The molecule has 1 N–H and O–H groups in total. The number of hydrogen-bond acceptors (Lipinski definition) is 3. The Bertz CT molecular complexity index is 685. The zero-order valence-electron chi connectivity index (χ0n) is 12.8. The Morgan fingerprint density at radius 3 is 2.10 bits per heavy atom. The lowest BCUT2D eigenvalue weighted by atomic mass is 9.92. The van der Waals surface area contributed by atoms with E-state index in [-0.39, 0.29) is 5.41 Å². The molecule has 0 aliphatic carbocycles. The van der Waals surface area contributed by atoms with Crippen LogP contribution in [-0.2, 0) is 5.41 Å². The summed E-state index contributed by atoms with van der Waals surface area (Å²) in [6.45, 7) is 10.0. The van der Waals surface area contributed by atoms with E-state index >= 15 is 0 Å². The molecule has 3 nitrogen and oxygen atoms in total. The van der Waals surface area contributed by atoms with E-state index in [9.17, 15) is 5.11 Å². The van der Waals surface area contributed by atoms with E-state index in [1.165, 1.54) is 0 Å². The van der Waals surface area contributed by atoms with E-state index < -0.39 is 0 Å². The average molecular weight is 417 g/mol. The molecule has 112 valence electrons. The van der Waals surface area contributed by atoms with Gasteiger partial charge in [-0.3, -0.25) is 0 Å². The minimum atomic E-state index is -0.112. The molecule has 0 bridgehead atoms. The van der Waals surface area contributed by atoms with Gasteiger partial charge in [-0.1, -0.05) is 32.4 Å². The Hall–Kier alpha value is -0.880. The monoisotopic (exact) mass is 416 g/mol. The van der Waals surface area contributed by atoms with Gasteiger partial charge in [-0.05, 0) is 59.7 Å². The molecule has 2 rings (SSSR count). The first kappa shape index (κ1) is 16.5. The number of aryl methyl sites for hydroxylation is 2. The van der Waals surface area contributed by atoms with Crippen molar-refractivity contribution in [3.63, 3.8) is 0 Å². The normalized spacial score (nSPS) is 11.8. The van der Waals surface area contributed by atoms with Gasteiger partial charge in [-0.15, -0.1) is 0 Å². The lowest BCUT2D eigenvalue weighted by Crippen LogP contribution is -2.17. The Morgan fingerprint density at radius 2 is 1.62 bits per heavy atom. The molecule has 0 aliphatic rings. The van der Waals surface area contributed by atoms with Gasteiger partial charge >= 0.3 is 0 Å². The van der Waals surface area contributed by atoms with Gasteiger partial charge in [-0.25, -0.2) is 9.97 Å². The maximum Gasteiger partial charge on any atom is 0.161 e. The first-order valence-corrected chi connectivity index (χ1v) is 8.11. The van der Waals surface area contributed by atoms with Crippen molar-refractivity contribution in [2.24, 2.45) is 0 Å². The van der Waals surface area contributed by atoms with Crippen LogP contribution in [0.4, 0.5) is 0 Å². The third kappa shape index (κ3) is 3.31. The second-order valence-corrected chi connectivity index (χ2v) is 7.65. The molecule has 0 fully saturated rings. The van der Waals surface area contributed by atoms with E-state index in [0.29, 0.717) is 16.7 Å². The van der Waals surface area contributed by atoms with Crippen molar-refractivity contribution in [1.82, 2.24) is 9.97 Å². The largest absolute Gasteiger partial charge is 0.507 e. The minimum absolute atomic E-state index is 0.112. The van der Waals surface area contributed by atoms with Crippen LogP contribution in [0.25, 0.3) is 11.4 Å². The lowest BCUT2D eigenvalue weighted by molar-refractivity contribution is 0.467. The summed E-state index contributed by atoms with van der Waals surface area (Å²) in [4.78, 5) is 9.10. The van der Waals surface area contributed by atoms with Gasteiger partial charge in [0.15, 0.2) is 5.82 Å². The molecule has 2 aromatic rings. The second kappa shape index (κ2) is 5.72. The summed E-state index contributed by atoms with van der Waals surface area (Å²) in [5.41, 5.74) is 3.30. The fourth-order valence-electron chi connectivity index (χ4n) is 2.13. The standard InChI is InChI=1S/C16H18ClIN2O/c1-8-6-10(7-9(2)12(8)21)15-19-13(16(3,4)5)11(18)14(17)20-15/h6-7,21H,1-5H3. The molecule has 0 amide bonds. The van der Waals surface area contributed by atoms with Crippen LogP contribution < -0.4 is 0 Å². The number of phenolic OH excluding ortho intramolecular Hbond substituents is 1. The van der Waals surface area contributed by atoms with Crippen LogP contribution in [0.2, 0.25) is 5.15 Å². The molecule has 5 heteroatoms. The first-order chi connectivity index (χ1) is 9.61. The summed E-state index contributed by atoms with van der Waals surface area (Å²) < 4.78 is 0.887. The number of rotatable bonds is 1. The van der Waals surface area contributed by atoms with Crippen LogP contribution in [0.5, 0.6) is 5.75 Å². The number of aromatic nitrogens is 2. The lowest BCUT2D eigenvalue weighted by Gasteiger charge is -2.20.